The topological polar surface area (TPSA) is 25.8 Å². The van der Waals surface area contributed by atoms with Crippen LogP contribution in [0.3, 0.4) is 0 Å². The minimum absolute atomic E-state index is 0.625. The Labute approximate surface area is 37.8 Å². The van der Waals surface area contributed by atoms with E-state index in [2.05, 4.69) is 15.0 Å². The molecular weight excluding hydrogens is 103 g/mol. The van der Waals surface area contributed by atoms with Crippen LogP contribution in [-0.4, -0.2) is 9.59 Å². The summed E-state index contributed by atoms with van der Waals surface area (Å²) in [5.74, 6) is -0.625. The van der Waals surface area contributed by atoms with Crippen LogP contribution in [0.4, 0.5) is 4.39 Å². The Hall–Kier alpha value is -0.510. The van der Waals surface area contributed by atoms with Gasteiger partial charge in [-0.2, -0.15) is 4.39 Å². The van der Waals surface area contributed by atoms with Crippen LogP contribution in [0, 0.1) is 11.3 Å². The average Bonchev–Trinajstić information content (AvgIpc) is 1.86. The first-order chi connectivity index (χ1) is 2.89. The molecule has 1 rings (SSSR count). The third kappa shape index (κ3) is 0.514. The van der Waals surface area contributed by atoms with Crippen LogP contribution in [0.1, 0.15) is 0 Å². The van der Waals surface area contributed by atoms with E-state index in [0.29, 0.717) is 0 Å². The van der Waals surface area contributed by atoms with Crippen molar-refractivity contribution < 1.29 is 4.39 Å². The van der Waals surface area contributed by atoms with E-state index in [0.717, 1.165) is 11.5 Å². The Morgan fingerprint density at radius 1 is 1.83 bits per heavy atom. The molecule has 0 unspecified atom stereocenters. The quantitative estimate of drug-likeness (QED) is 0.477. The minimum Gasteiger partial charge on any atom is -0.181 e. The number of halogens is 1. The van der Waals surface area contributed by atoms with E-state index < -0.39 is 5.95 Å². The van der Waals surface area contributed by atoms with E-state index in [1.165, 1.54) is 0 Å². The molecule has 0 amide bonds. The van der Waals surface area contributed by atoms with Crippen molar-refractivity contribution in [3.05, 3.63) is 11.3 Å². The predicted molar refractivity (Wildman–Crippen MR) is 18.7 cm³/mol. The van der Waals surface area contributed by atoms with Gasteiger partial charge in [0.25, 0.3) is 5.95 Å². The van der Waals surface area contributed by atoms with Gasteiger partial charge < -0.3 is 0 Å². The number of aromatic nitrogens is 2. The summed E-state index contributed by atoms with van der Waals surface area (Å²) in [7, 11) is 0. The summed E-state index contributed by atoms with van der Waals surface area (Å²) in [4.78, 5) is 0. The smallest absolute Gasteiger partial charge is 0.181 e. The number of hydrogen-bond donors (Lipinski definition) is 0. The first-order valence-corrected chi connectivity index (χ1v) is 2.02. The third-order valence-corrected chi connectivity index (χ3v) is 0.722. The molecule has 0 atom stereocenters. The molecule has 1 heterocycles. The molecule has 1 aromatic rings. The maximum Gasteiger partial charge on any atom is 0.254 e. The molecule has 1 aromatic heterocycles. The van der Waals surface area contributed by atoms with Gasteiger partial charge >= 0.3 is 0 Å². The van der Waals surface area contributed by atoms with Crippen LogP contribution >= 0.6 is 11.5 Å². The van der Waals surface area contributed by atoms with Gasteiger partial charge in [0.2, 0.25) is 0 Å². The van der Waals surface area contributed by atoms with Crippen LogP contribution in [0.15, 0.2) is 0 Å². The largest absolute Gasteiger partial charge is 0.254 e. The molecule has 0 saturated heterocycles. The number of nitrogens with zero attached hydrogens (tertiary/aromatic N) is 2. The van der Waals surface area contributed by atoms with E-state index in [-0.39, 0.29) is 0 Å². The molecular formula is C2FN2S. The Bertz CT molecular complexity index is 115. The second-order valence-corrected chi connectivity index (χ2v) is 1.22. The van der Waals surface area contributed by atoms with Crippen molar-refractivity contribution in [2.45, 2.75) is 0 Å². The standard InChI is InChI=1S/C2FN2S/c3-2-1-6-5-4-2. The highest BCUT2D eigenvalue weighted by Gasteiger charge is 1.85. The van der Waals surface area contributed by atoms with Gasteiger partial charge in [-0.1, -0.05) is 4.49 Å². The van der Waals surface area contributed by atoms with E-state index in [1.54, 1.807) is 0 Å². The molecule has 31 valence electrons. The average molecular weight is 103 g/mol. The highest BCUT2D eigenvalue weighted by molar-refractivity contribution is 7.02. The van der Waals surface area contributed by atoms with E-state index in [1.807, 2.05) is 0 Å². The molecule has 0 aromatic carbocycles. The second kappa shape index (κ2) is 1.30. The van der Waals surface area contributed by atoms with Gasteiger partial charge in [0.15, 0.2) is 0 Å². The number of rotatable bonds is 0. The minimum atomic E-state index is -0.625. The maximum atomic E-state index is 11.4. The Balaban J connectivity index is 3.05. The van der Waals surface area contributed by atoms with Gasteiger partial charge in [-0.25, -0.2) is 0 Å². The lowest BCUT2D eigenvalue weighted by Gasteiger charge is -1.55. The van der Waals surface area contributed by atoms with Gasteiger partial charge in [-0.05, 0) is 11.5 Å². The highest BCUT2D eigenvalue weighted by Crippen LogP contribution is 1.88. The third-order valence-electron chi connectivity index (χ3n) is 0.299. The molecule has 0 N–H and O–H groups in total. The summed E-state index contributed by atoms with van der Waals surface area (Å²) in [6.45, 7) is 0. The zero-order chi connectivity index (χ0) is 4.41. The van der Waals surface area contributed by atoms with Gasteiger partial charge in [0, 0.05) is 0 Å². The van der Waals surface area contributed by atoms with E-state index in [9.17, 15) is 4.39 Å². The van der Waals surface area contributed by atoms with Crippen LogP contribution in [-0.2, 0) is 0 Å². The van der Waals surface area contributed by atoms with E-state index in [4.69, 9.17) is 0 Å². The van der Waals surface area contributed by atoms with Gasteiger partial charge in [0.1, 0.15) is 5.38 Å². The lowest BCUT2D eigenvalue weighted by Crippen LogP contribution is -1.66. The lowest BCUT2D eigenvalue weighted by molar-refractivity contribution is 0.577. The molecule has 0 aliphatic rings. The van der Waals surface area contributed by atoms with Crippen LogP contribution < -0.4 is 0 Å². The SMILES string of the molecule is Fc1[c]snn1. The summed E-state index contributed by atoms with van der Waals surface area (Å²) in [6.07, 6.45) is 0. The van der Waals surface area contributed by atoms with Crippen molar-refractivity contribution in [1.82, 2.24) is 9.59 Å². The molecule has 4 heteroatoms. The molecule has 0 fully saturated rings. The summed E-state index contributed by atoms with van der Waals surface area (Å²) in [5, 5.41) is 5.12. The first-order valence-electron chi connectivity index (χ1n) is 1.25. The normalized spacial score (nSPS) is 8.83. The van der Waals surface area contributed by atoms with Gasteiger partial charge in [-0.15, -0.1) is 5.10 Å². The molecule has 0 aliphatic heterocycles. The number of hydrogen-bond acceptors (Lipinski definition) is 3. The fraction of sp³-hybridized carbons (Fsp3) is 0. The van der Waals surface area contributed by atoms with Crippen molar-refractivity contribution in [3.63, 3.8) is 0 Å². The summed E-state index contributed by atoms with van der Waals surface area (Å²) in [6, 6.07) is 0. The predicted octanol–water partition coefficient (Wildman–Crippen LogP) is 0.477. The molecule has 0 bridgehead atoms. The molecule has 1 radical (unpaired) electrons. The van der Waals surface area contributed by atoms with Crippen molar-refractivity contribution in [3.8, 4) is 0 Å². The zero-order valence-corrected chi connectivity index (χ0v) is 3.50. The van der Waals surface area contributed by atoms with Crippen LogP contribution in [0.2, 0.25) is 0 Å². The summed E-state index contributed by atoms with van der Waals surface area (Å²) < 4.78 is 14.6. The van der Waals surface area contributed by atoms with Gasteiger partial charge in [0.05, 0.1) is 0 Å². The van der Waals surface area contributed by atoms with Gasteiger partial charge in [-0.3, -0.25) is 0 Å². The Kier molecular flexibility index (Phi) is 0.795. The molecule has 0 spiro atoms. The zero-order valence-electron chi connectivity index (χ0n) is 2.68. The van der Waals surface area contributed by atoms with Crippen molar-refractivity contribution in [2.75, 3.05) is 0 Å². The first kappa shape index (κ1) is 3.67. The van der Waals surface area contributed by atoms with Crippen LogP contribution in [0.25, 0.3) is 0 Å². The highest BCUT2D eigenvalue weighted by atomic mass is 32.1. The van der Waals surface area contributed by atoms with E-state index >= 15 is 0 Å². The fourth-order valence-corrected chi connectivity index (χ4v) is 0.404. The Morgan fingerprint density at radius 3 is 2.83 bits per heavy atom. The molecule has 2 nitrogen and oxygen atoms in total. The summed E-state index contributed by atoms with van der Waals surface area (Å²) in [5.41, 5.74) is 0. The Morgan fingerprint density at radius 2 is 2.67 bits per heavy atom. The summed E-state index contributed by atoms with van der Waals surface area (Å²) >= 11 is 0.878. The lowest BCUT2D eigenvalue weighted by atomic mass is 11.0. The van der Waals surface area contributed by atoms with Crippen molar-refractivity contribution >= 4 is 11.5 Å². The fourth-order valence-electron chi connectivity index (χ4n) is 0.135. The molecule has 0 saturated carbocycles. The monoisotopic (exact) mass is 103 g/mol. The molecule has 6 heavy (non-hydrogen) atoms. The maximum absolute atomic E-state index is 11.4. The second-order valence-electron chi connectivity index (χ2n) is 0.666. The van der Waals surface area contributed by atoms with Crippen molar-refractivity contribution in [2.24, 2.45) is 0 Å². The molecule has 0 aliphatic carbocycles. The van der Waals surface area contributed by atoms with Crippen LogP contribution in [0.5, 0.6) is 0 Å². The van der Waals surface area contributed by atoms with Crippen molar-refractivity contribution in [1.29, 1.82) is 0 Å².